The average Bonchev–Trinajstić information content (AvgIpc) is 2.67. The van der Waals surface area contributed by atoms with Crippen LogP contribution in [0.25, 0.3) is 6.08 Å². The van der Waals surface area contributed by atoms with Crippen LogP contribution in [0.1, 0.15) is 37.5 Å². The molecule has 0 aliphatic carbocycles. The van der Waals surface area contributed by atoms with Gasteiger partial charge in [-0.3, -0.25) is 4.79 Å². The first-order chi connectivity index (χ1) is 13.8. The molecule has 0 aliphatic heterocycles. The number of hydrogen-bond acceptors (Lipinski definition) is 4. The topological polar surface area (TPSA) is 71.3 Å². The highest BCUT2D eigenvalue weighted by Gasteiger charge is 2.13. The fraction of sp³-hybridized carbons (Fsp3) is 0.333. The number of ether oxygens (including phenoxy) is 2. The minimum atomic E-state index is -0.447. The summed E-state index contributed by atoms with van der Waals surface area (Å²) in [4.78, 5) is 12.6. The van der Waals surface area contributed by atoms with E-state index in [4.69, 9.17) is 9.47 Å². The number of anilines is 1. The molecule has 0 heterocycles. The molecule has 0 aliphatic rings. The van der Waals surface area contributed by atoms with Crippen LogP contribution < -0.4 is 14.8 Å². The predicted octanol–water partition coefficient (Wildman–Crippen LogP) is 5.28. The summed E-state index contributed by atoms with van der Waals surface area (Å²) in [5, 5.41) is 12.3. The van der Waals surface area contributed by atoms with Crippen LogP contribution in [0.5, 0.6) is 11.5 Å². The van der Waals surface area contributed by atoms with Gasteiger partial charge in [-0.25, -0.2) is 0 Å². The van der Waals surface area contributed by atoms with E-state index in [1.807, 2.05) is 45.0 Å². The lowest BCUT2D eigenvalue weighted by atomic mass is 10.1. The molecule has 0 spiro atoms. The van der Waals surface area contributed by atoms with Gasteiger partial charge in [0.1, 0.15) is 11.6 Å². The Labute approximate surface area is 173 Å². The summed E-state index contributed by atoms with van der Waals surface area (Å²) < 4.78 is 11.5. The van der Waals surface area contributed by atoms with Gasteiger partial charge in [-0.2, -0.15) is 5.26 Å². The normalized spacial score (nSPS) is 11.1. The number of rotatable bonds is 8. The molecule has 5 heteroatoms. The number of carbonyl (C=O) groups is 1. The zero-order valence-electron chi connectivity index (χ0n) is 17.7. The summed E-state index contributed by atoms with van der Waals surface area (Å²) in [6.07, 6.45) is 1.55. The summed E-state index contributed by atoms with van der Waals surface area (Å²) in [6.45, 7) is 11.0. The summed E-state index contributed by atoms with van der Waals surface area (Å²) in [5.41, 5.74) is 3.45. The van der Waals surface area contributed by atoms with Crippen molar-refractivity contribution >= 4 is 17.7 Å². The largest absolute Gasteiger partial charge is 0.490 e. The number of carbonyl (C=O) groups excluding carboxylic acids is 1. The number of amides is 1. The van der Waals surface area contributed by atoms with E-state index in [1.54, 1.807) is 24.3 Å². The highest BCUT2D eigenvalue weighted by atomic mass is 16.5. The smallest absolute Gasteiger partial charge is 0.266 e. The van der Waals surface area contributed by atoms with Crippen molar-refractivity contribution in [2.24, 2.45) is 5.92 Å². The molecule has 2 aromatic carbocycles. The lowest BCUT2D eigenvalue weighted by Gasteiger charge is -2.14. The van der Waals surface area contributed by atoms with E-state index in [9.17, 15) is 10.1 Å². The maximum atomic E-state index is 12.6. The molecule has 0 bridgehead atoms. The summed E-state index contributed by atoms with van der Waals surface area (Å²) in [6, 6.07) is 13.1. The third-order valence-electron chi connectivity index (χ3n) is 4.15. The van der Waals surface area contributed by atoms with Gasteiger partial charge in [0.05, 0.1) is 13.2 Å². The number of nitriles is 1. The van der Waals surface area contributed by atoms with Crippen molar-refractivity contribution < 1.29 is 14.3 Å². The van der Waals surface area contributed by atoms with Gasteiger partial charge in [0, 0.05) is 5.69 Å². The first-order valence-electron chi connectivity index (χ1n) is 9.74. The highest BCUT2D eigenvalue weighted by molar-refractivity contribution is 6.10. The molecule has 0 saturated heterocycles. The Balaban J connectivity index is 2.25. The van der Waals surface area contributed by atoms with Crippen LogP contribution in [-0.2, 0) is 4.79 Å². The van der Waals surface area contributed by atoms with Crippen molar-refractivity contribution in [3.05, 3.63) is 58.7 Å². The van der Waals surface area contributed by atoms with Gasteiger partial charge in [-0.1, -0.05) is 37.6 Å². The number of nitrogens with one attached hydrogen (secondary N) is 1. The molecular weight excluding hydrogens is 364 g/mol. The van der Waals surface area contributed by atoms with Crippen LogP contribution in [0, 0.1) is 31.1 Å². The van der Waals surface area contributed by atoms with Gasteiger partial charge in [0.2, 0.25) is 0 Å². The van der Waals surface area contributed by atoms with Crippen LogP contribution in [0.3, 0.4) is 0 Å². The van der Waals surface area contributed by atoms with Crippen molar-refractivity contribution in [3.8, 4) is 17.6 Å². The molecule has 0 unspecified atom stereocenters. The van der Waals surface area contributed by atoms with Gasteiger partial charge in [-0.05, 0) is 62.1 Å². The van der Waals surface area contributed by atoms with E-state index in [0.717, 1.165) is 11.1 Å². The second-order valence-electron chi connectivity index (χ2n) is 7.29. The van der Waals surface area contributed by atoms with Gasteiger partial charge >= 0.3 is 0 Å². The number of hydrogen-bond donors (Lipinski definition) is 1. The monoisotopic (exact) mass is 392 g/mol. The number of nitrogens with zero attached hydrogens (tertiary/aromatic N) is 1. The van der Waals surface area contributed by atoms with Crippen molar-refractivity contribution in [3.63, 3.8) is 0 Å². The quantitative estimate of drug-likeness (QED) is 0.490. The van der Waals surface area contributed by atoms with E-state index in [-0.39, 0.29) is 5.57 Å². The fourth-order valence-electron chi connectivity index (χ4n) is 2.72. The van der Waals surface area contributed by atoms with Gasteiger partial charge in [0.15, 0.2) is 11.5 Å². The Morgan fingerprint density at radius 3 is 2.52 bits per heavy atom. The highest BCUT2D eigenvalue weighted by Crippen LogP contribution is 2.30. The van der Waals surface area contributed by atoms with Crippen LogP contribution in [0.15, 0.2) is 42.0 Å². The van der Waals surface area contributed by atoms with Gasteiger partial charge in [-0.15, -0.1) is 0 Å². The Bertz CT molecular complexity index is 940. The lowest BCUT2D eigenvalue weighted by Crippen LogP contribution is -2.14. The molecule has 0 fully saturated rings. The number of benzene rings is 2. The molecule has 0 aromatic heterocycles. The van der Waals surface area contributed by atoms with Crippen molar-refractivity contribution in [1.29, 1.82) is 5.26 Å². The average molecular weight is 392 g/mol. The van der Waals surface area contributed by atoms with Crippen molar-refractivity contribution in [2.75, 3.05) is 18.5 Å². The van der Waals surface area contributed by atoms with Gasteiger partial charge < -0.3 is 14.8 Å². The Morgan fingerprint density at radius 2 is 1.90 bits per heavy atom. The van der Waals surface area contributed by atoms with Crippen LogP contribution >= 0.6 is 0 Å². The predicted molar refractivity (Wildman–Crippen MR) is 116 cm³/mol. The summed E-state index contributed by atoms with van der Waals surface area (Å²) in [7, 11) is 0. The molecular formula is C24H28N2O3. The Kier molecular flexibility index (Phi) is 7.85. The SMILES string of the molecule is CCOc1cc(/C=C(\C#N)C(=O)Nc2ccc(C)cc2C)ccc1OCC(C)C. The standard InChI is InChI=1S/C24H28N2O3/c1-6-28-23-13-19(8-10-22(23)29-15-16(2)3)12-20(14-25)24(27)26-21-9-7-17(4)11-18(21)5/h7-13,16H,6,15H2,1-5H3,(H,26,27)/b20-12+. The third kappa shape index (κ3) is 6.39. The molecule has 1 N–H and O–H groups in total. The first-order valence-corrected chi connectivity index (χ1v) is 9.74. The van der Waals surface area contributed by atoms with E-state index in [2.05, 4.69) is 19.2 Å². The van der Waals surface area contributed by atoms with E-state index in [0.29, 0.717) is 41.9 Å². The molecule has 1 amide bonds. The van der Waals surface area contributed by atoms with Crippen LogP contribution in [-0.4, -0.2) is 19.1 Å². The molecule has 5 nitrogen and oxygen atoms in total. The number of aryl methyl sites for hydroxylation is 2. The van der Waals surface area contributed by atoms with Gasteiger partial charge in [0.25, 0.3) is 5.91 Å². The molecule has 0 atom stereocenters. The molecule has 152 valence electrons. The van der Waals surface area contributed by atoms with E-state index < -0.39 is 5.91 Å². The minimum absolute atomic E-state index is 0.0169. The van der Waals surface area contributed by atoms with Crippen LogP contribution in [0.4, 0.5) is 5.69 Å². The summed E-state index contributed by atoms with van der Waals surface area (Å²) >= 11 is 0. The fourth-order valence-corrected chi connectivity index (χ4v) is 2.72. The second kappa shape index (κ2) is 10.3. The Hall–Kier alpha value is -3.26. The third-order valence-corrected chi connectivity index (χ3v) is 4.15. The molecule has 2 rings (SSSR count). The molecule has 29 heavy (non-hydrogen) atoms. The van der Waals surface area contributed by atoms with Crippen LogP contribution in [0.2, 0.25) is 0 Å². The maximum Gasteiger partial charge on any atom is 0.266 e. The first kappa shape index (κ1) is 22.0. The van der Waals surface area contributed by atoms with Crippen molar-refractivity contribution in [2.45, 2.75) is 34.6 Å². The zero-order chi connectivity index (χ0) is 21.4. The second-order valence-corrected chi connectivity index (χ2v) is 7.29. The van der Waals surface area contributed by atoms with Crippen molar-refractivity contribution in [1.82, 2.24) is 0 Å². The molecule has 2 aromatic rings. The van der Waals surface area contributed by atoms with E-state index in [1.165, 1.54) is 0 Å². The molecule has 0 saturated carbocycles. The van der Waals surface area contributed by atoms with E-state index >= 15 is 0 Å². The Morgan fingerprint density at radius 1 is 1.14 bits per heavy atom. The lowest BCUT2D eigenvalue weighted by molar-refractivity contribution is -0.112. The zero-order valence-corrected chi connectivity index (χ0v) is 17.7. The summed E-state index contributed by atoms with van der Waals surface area (Å²) in [5.74, 6) is 1.19. The molecule has 0 radical (unpaired) electrons. The maximum absolute atomic E-state index is 12.6. The minimum Gasteiger partial charge on any atom is -0.490 e.